The maximum atomic E-state index is 12.6. The Hall–Kier alpha value is -2.84. The van der Waals surface area contributed by atoms with Crippen molar-refractivity contribution in [1.29, 1.82) is 0 Å². The Morgan fingerprint density at radius 1 is 1.00 bits per heavy atom. The van der Waals surface area contributed by atoms with Gasteiger partial charge in [0.2, 0.25) is 0 Å². The highest BCUT2D eigenvalue weighted by atomic mass is 32.1. The number of likely N-dealkylation sites (N-methyl/N-ethyl adjacent to an activating group) is 1. The first kappa shape index (κ1) is 21.5. The van der Waals surface area contributed by atoms with Crippen molar-refractivity contribution >= 4 is 34.6 Å². The summed E-state index contributed by atoms with van der Waals surface area (Å²) in [5.41, 5.74) is 0.175. The number of carbonyl (C=O) groups excluding carboxylic acids is 2. The lowest BCUT2D eigenvalue weighted by atomic mass is 9.88. The highest BCUT2D eigenvalue weighted by Crippen LogP contribution is 2.24. The van der Waals surface area contributed by atoms with Crippen LogP contribution >= 0.6 is 22.7 Å². The third-order valence-electron chi connectivity index (χ3n) is 3.75. The van der Waals surface area contributed by atoms with Crippen molar-refractivity contribution in [3.8, 4) is 23.7 Å². The Balaban J connectivity index is 2.74. The third kappa shape index (κ3) is 5.11. The quantitative estimate of drug-likeness (QED) is 0.438. The zero-order valence-corrected chi connectivity index (χ0v) is 17.6. The van der Waals surface area contributed by atoms with Crippen molar-refractivity contribution in [2.24, 2.45) is 0 Å². The fourth-order valence-corrected chi connectivity index (χ4v) is 3.40. The van der Waals surface area contributed by atoms with Crippen molar-refractivity contribution in [2.75, 3.05) is 28.3 Å². The van der Waals surface area contributed by atoms with Crippen LogP contribution in [0.1, 0.15) is 11.1 Å². The van der Waals surface area contributed by atoms with E-state index >= 15 is 0 Å². The summed E-state index contributed by atoms with van der Waals surface area (Å²) in [6, 6.07) is 3.73. The number of esters is 2. The molecular weight excluding hydrogens is 394 g/mol. The third-order valence-corrected chi connectivity index (χ3v) is 5.11. The second-order valence-electron chi connectivity index (χ2n) is 5.70. The van der Waals surface area contributed by atoms with Gasteiger partial charge in [0.1, 0.15) is 0 Å². The molecule has 0 bridgehead atoms. The summed E-state index contributed by atoms with van der Waals surface area (Å²) >= 11 is 3.02. The van der Waals surface area contributed by atoms with Crippen LogP contribution in [0.5, 0.6) is 0 Å². The number of carbonyl (C=O) groups is 2. The van der Waals surface area contributed by atoms with Crippen LogP contribution in [0.15, 0.2) is 45.3 Å². The highest BCUT2D eigenvalue weighted by Gasteiger charge is 2.39. The van der Waals surface area contributed by atoms with Crippen molar-refractivity contribution in [2.45, 2.75) is 5.54 Å². The maximum Gasteiger partial charge on any atom is 0.337 e. The Morgan fingerprint density at radius 2 is 1.54 bits per heavy atom. The standard InChI is InChI=1S/C21H19NO4S2/c1-22(2)21(9-5-16-7-11-27-14-16,10-6-17-8-12-28-15-17)18(20(24)26-4)13-19(23)25-3/h7-8,11-15H,1-4H3/b18-13+. The molecule has 0 atom stereocenters. The SMILES string of the molecule is COC(=O)/C=C(\C(=O)OC)C(C#Cc1ccsc1)(C#Cc1ccsc1)N(C)C. The zero-order valence-electron chi connectivity index (χ0n) is 15.9. The first-order chi connectivity index (χ1) is 13.4. The summed E-state index contributed by atoms with van der Waals surface area (Å²) in [6.45, 7) is 0. The van der Waals surface area contributed by atoms with Gasteiger partial charge in [-0.15, -0.1) is 0 Å². The molecule has 0 radical (unpaired) electrons. The number of rotatable bonds is 4. The molecule has 0 saturated carbocycles. The van der Waals surface area contributed by atoms with E-state index in [2.05, 4.69) is 23.7 Å². The van der Waals surface area contributed by atoms with Crippen molar-refractivity contribution in [3.63, 3.8) is 0 Å². The summed E-state index contributed by atoms with van der Waals surface area (Å²) in [5.74, 6) is 10.8. The minimum Gasteiger partial charge on any atom is -0.466 e. The number of nitrogens with zero attached hydrogens (tertiary/aromatic N) is 1. The van der Waals surface area contributed by atoms with Gasteiger partial charge in [0, 0.05) is 28.0 Å². The molecule has 0 N–H and O–H groups in total. The Labute approximate surface area is 172 Å². The van der Waals surface area contributed by atoms with E-state index in [0.29, 0.717) is 0 Å². The molecule has 0 amide bonds. The molecule has 2 aromatic heterocycles. The molecule has 2 rings (SSSR count). The minimum atomic E-state index is -1.38. The molecule has 0 aliphatic rings. The predicted molar refractivity (Wildman–Crippen MR) is 111 cm³/mol. The van der Waals surface area contributed by atoms with E-state index in [1.807, 2.05) is 33.7 Å². The number of methoxy groups -OCH3 is 2. The topological polar surface area (TPSA) is 55.8 Å². The molecule has 2 aromatic rings. The molecule has 144 valence electrons. The van der Waals surface area contributed by atoms with Gasteiger partial charge < -0.3 is 9.47 Å². The van der Waals surface area contributed by atoms with Gasteiger partial charge in [-0.2, -0.15) is 22.7 Å². The van der Waals surface area contributed by atoms with Gasteiger partial charge in [-0.05, 0) is 37.0 Å². The number of thiophene rings is 2. The van der Waals surface area contributed by atoms with Crippen LogP contribution in [-0.4, -0.2) is 50.7 Å². The number of ether oxygens (including phenoxy) is 2. The van der Waals surface area contributed by atoms with Crippen LogP contribution in [-0.2, 0) is 19.1 Å². The maximum absolute atomic E-state index is 12.6. The zero-order chi connectivity index (χ0) is 20.6. The van der Waals surface area contributed by atoms with E-state index < -0.39 is 17.5 Å². The van der Waals surface area contributed by atoms with Gasteiger partial charge in [-0.1, -0.05) is 23.7 Å². The first-order valence-corrected chi connectivity index (χ1v) is 9.98. The first-order valence-electron chi connectivity index (χ1n) is 8.09. The largest absolute Gasteiger partial charge is 0.466 e. The van der Waals surface area contributed by atoms with Crippen LogP contribution < -0.4 is 0 Å². The minimum absolute atomic E-state index is 0.0164. The molecule has 2 heterocycles. The Morgan fingerprint density at radius 3 is 1.89 bits per heavy atom. The van der Waals surface area contributed by atoms with Gasteiger partial charge in [0.05, 0.1) is 19.8 Å². The lowest BCUT2D eigenvalue weighted by Gasteiger charge is -2.31. The molecule has 0 unspecified atom stereocenters. The van der Waals surface area contributed by atoms with Crippen LogP contribution in [0.3, 0.4) is 0 Å². The average Bonchev–Trinajstić information content (AvgIpc) is 3.39. The smallest absolute Gasteiger partial charge is 0.337 e. The van der Waals surface area contributed by atoms with E-state index in [9.17, 15) is 9.59 Å². The van der Waals surface area contributed by atoms with Crippen LogP contribution in [0.4, 0.5) is 0 Å². The van der Waals surface area contributed by atoms with Gasteiger partial charge in [0.15, 0.2) is 5.54 Å². The lowest BCUT2D eigenvalue weighted by Crippen LogP contribution is -2.46. The molecule has 7 heteroatoms. The molecule has 28 heavy (non-hydrogen) atoms. The normalized spacial score (nSPS) is 11.1. The monoisotopic (exact) mass is 413 g/mol. The fraction of sp³-hybridized carbons (Fsp3) is 0.238. The summed E-state index contributed by atoms with van der Waals surface area (Å²) in [7, 11) is 5.95. The molecule has 0 aliphatic heterocycles. The van der Waals surface area contributed by atoms with Gasteiger partial charge in [0.25, 0.3) is 0 Å². The van der Waals surface area contributed by atoms with Gasteiger partial charge in [-0.25, -0.2) is 9.59 Å². The van der Waals surface area contributed by atoms with Crippen molar-refractivity contribution < 1.29 is 19.1 Å². The summed E-state index contributed by atoms with van der Waals surface area (Å²) in [4.78, 5) is 26.2. The predicted octanol–water partition coefficient (Wildman–Crippen LogP) is 2.79. The Kier molecular flexibility index (Phi) is 7.60. The van der Waals surface area contributed by atoms with E-state index in [-0.39, 0.29) is 5.57 Å². The van der Waals surface area contributed by atoms with Gasteiger partial charge in [-0.3, -0.25) is 4.90 Å². The molecule has 0 saturated heterocycles. The summed E-state index contributed by atoms with van der Waals surface area (Å²) in [5, 5.41) is 7.59. The highest BCUT2D eigenvalue weighted by molar-refractivity contribution is 7.08. The molecule has 0 fully saturated rings. The molecule has 0 spiro atoms. The van der Waals surface area contributed by atoms with Crippen LogP contribution in [0.25, 0.3) is 0 Å². The van der Waals surface area contributed by atoms with E-state index in [4.69, 9.17) is 9.47 Å². The summed E-state index contributed by atoms with van der Waals surface area (Å²) in [6.07, 6.45) is 1.08. The average molecular weight is 414 g/mol. The van der Waals surface area contributed by atoms with Crippen LogP contribution in [0, 0.1) is 23.7 Å². The second kappa shape index (κ2) is 9.91. The Bertz CT molecular complexity index is 913. The van der Waals surface area contributed by atoms with Crippen molar-refractivity contribution in [3.05, 3.63) is 56.4 Å². The molecule has 0 aliphatic carbocycles. The number of hydrogen-bond acceptors (Lipinski definition) is 7. The lowest BCUT2D eigenvalue weighted by molar-refractivity contribution is -0.139. The van der Waals surface area contributed by atoms with Gasteiger partial charge >= 0.3 is 11.9 Å². The van der Waals surface area contributed by atoms with Crippen LogP contribution in [0.2, 0.25) is 0 Å². The van der Waals surface area contributed by atoms with E-state index in [0.717, 1.165) is 17.2 Å². The van der Waals surface area contributed by atoms with E-state index in [1.54, 1.807) is 19.0 Å². The molecular formula is C21H19NO4S2. The fourth-order valence-electron chi connectivity index (χ4n) is 2.22. The second-order valence-corrected chi connectivity index (χ2v) is 7.26. The molecule has 0 aromatic carbocycles. The van der Waals surface area contributed by atoms with E-state index in [1.165, 1.54) is 36.9 Å². The number of hydrogen-bond donors (Lipinski definition) is 0. The summed E-state index contributed by atoms with van der Waals surface area (Å²) < 4.78 is 9.63. The van der Waals surface area contributed by atoms with Crippen molar-refractivity contribution in [1.82, 2.24) is 4.90 Å². The molecule has 5 nitrogen and oxygen atoms in total.